The lowest BCUT2D eigenvalue weighted by atomic mass is 10.3. The van der Waals surface area contributed by atoms with Crippen molar-refractivity contribution in [3.8, 4) is 5.75 Å². The van der Waals surface area contributed by atoms with Crippen LogP contribution in [0.3, 0.4) is 0 Å². The van der Waals surface area contributed by atoms with Crippen LogP contribution in [-0.2, 0) is 4.79 Å². The van der Waals surface area contributed by atoms with Gasteiger partial charge in [0, 0.05) is 16.6 Å². The standard InChI is InChI=1S/C15H11F3N2O4S/c16-15(17,18)25-11-5-3-4-10(8-11)19-14(21)9-24-13-7-2-1-6-12(13)20(22)23/h1-8H,9H2,(H,19,21). The highest BCUT2D eigenvalue weighted by molar-refractivity contribution is 8.00. The van der Waals surface area contributed by atoms with Gasteiger partial charge in [0.05, 0.1) is 4.92 Å². The molecule has 0 aromatic heterocycles. The van der Waals surface area contributed by atoms with Crippen molar-refractivity contribution in [3.63, 3.8) is 0 Å². The second-order valence-corrected chi connectivity index (χ2v) is 5.78. The molecule has 0 atom stereocenters. The number of nitro benzene ring substituents is 1. The minimum absolute atomic E-state index is 0.0788. The molecule has 6 nitrogen and oxygen atoms in total. The molecule has 132 valence electrons. The van der Waals surface area contributed by atoms with Crippen molar-refractivity contribution in [3.05, 3.63) is 58.6 Å². The number of rotatable bonds is 6. The number of nitrogens with zero attached hydrogens (tertiary/aromatic N) is 1. The van der Waals surface area contributed by atoms with Gasteiger partial charge < -0.3 is 10.1 Å². The van der Waals surface area contributed by atoms with Gasteiger partial charge in [0.2, 0.25) is 0 Å². The zero-order chi connectivity index (χ0) is 18.4. The van der Waals surface area contributed by atoms with Gasteiger partial charge in [-0.15, -0.1) is 0 Å². The highest BCUT2D eigenvalue weighted by Crippen LogP contribution is 2.37. The van der Waals surface area contributed by atoms with Crippen molar-refractivity contribution in [1.82, 2.24) is 0 Å². The molecule has 2 aromatic carbocycles. The number of nitro groups is 1. The normalized spacial score (nSPS) is 11.0. The van der Waals surface area contributed by atoms with Gasteiger partial charge in [0.25, 0.3) is 5.91 Å². The smallest absolute Gasteiger partial charge is 0.446 e. The van der Waals surface area contributed by atoms with Gasteiger partial charge in [-0.1, -0.05) is 18.2 Å². The number of benzene rings is 2. The number of thioether (sulfide) groups is 1. The van der Waals surface area contributed by atoms with E-state index in [0.29, 0.717) is 0 Å². The van der Waals surface area contributed by atoms with Gasteiger partial charge in [-0.2, -0.15) is 13.2 Å². The molecule has 10 heteroatoms. The average molecular weight is 372 g/mol. The molecule has 0 unspecified atom stereocenters. The van der Waals surface area contributed by atoms with Crippen LogP contribution in [0.5, 0.6) is 5.75 Å². The summed E-state index contributed by atoms with van der Waals surface area (Å²) in [5.41, 5.74) is -4.57. The molecule has 0 heterocycles. The van der Waals surface area contributed by atoms with Crippen LogP contribution in [-0.4, -0.2) is 22.9 Å². The predicted octanol–water partition coefficient (Wildman–Crippen LogP) is 4.22. The van der Waals surface area contributed by atoms with Crippen LogP contribution in [0.15, 0.2) is 53.4 Å². The number of carbonyl (C=O) groups excluding carboxylic acids is 1. The Hall–Kier alpha value is -2.75. The van der Waals surface area contributed by atoms with Crippen molar-refractivity contribution >= 4 is 29.0 Å². The fourth-order valence-corrected chi connectivity index (χ4v) is 2.44. The van der Waals surface area contributed by atoms with Gasteiger partial charge in [0.1, 0.15) is 0 Å². The van der Waals surface area contributed by atoms with Crippen LogP contribution in [0.1, 0.15) is 0 Å². The second-order valence-electron chi connectivity index (χ2n) is 4.64. The molecule has 2 rings (SSSR count). The topological polar surface area (TPSA) is 81.5 Å². The number of anilines is 1. The Morgan fingerprint density at radius 2 is 1.92 bits per heavy atom. The molecule has 0 aliphatic heterocycles. The highest BCUT2D eigenvalue weighted by Gasteiger charge is 2.29. The van der Waals surface area contributed by atoms with Crippen LogP contribution in [0.4, 0.5) is 24.5 Å². The third kappa shape index (κ3) is 5.99. The lowest BCUT2D eigenvalue weighted by Gasteiger charge is -2.10. The molecule has 0 bridgehead atoms. The minimum Gasteiger partial charge on any atom is -0.477 e. The van der Waals surface area contributed by atoms with E-state index in [2.05, 4.69) is 5.32 Å². The van der Waals surface area contributed by atoms with Gasteiger partial charge in [0.15, 0.2) is 12.4 Å². The maximum atomic E-state index is 12.3. The maximum Gasteiger partial charge on any atom is 0.446 e. The first kappa shape index (κ1) is 18.6. The van der Waals surface area contributed by atoms with E-state index in [-0.39, 0.29) is 33.8 Å². The van der Waals surface area contributed by atoms with Gasteiger partial charge in [-0.3, -0.25) is 14.9 Å². The summed E-state index contributed by atoms with van der Waals surface area (Å²) < 4.78 is 42.1. The van der Waals surface area contributed by atoms with E-state index in [0.717, 1.165) is 0 Å². The first-order chi connectivity index (χ1) is 11.7. The molecule has 1 N–H and O–H groups in total. The summed E-state index contributed by atoms with van der Waals surface area (Å²) in [7, 11) is 0. The van der Waals surface area contributed by atoms with Crippen molar-refractivity contribution in [2.75, 3.05) is 11.9 Å². The van der Waals surface area contributed by atoms with Gasteiger partial charge in [-0.25, -0.2) is 0 Å². The third-order valence-electron chi connectivity index (χ3n) is 2.77. The van der Waals surface area contributed by atoms with E-state index in [1.165, 1.54) is 48.5 Å². The first-order valence-corrected chi connectivity index (χ1v) is 7.58. The first-order valence-electron chi connectivity index (χ1n) is 6.76. The molecule has 25 heavy (non-hydrogen) atoms. The van der Waals surface area contributed by atoms with E-state index in [9.17, 15) is 28.1 Å². The fourth-order valence-electron chi connectivity index (χ4n) is 1.84. The van der Waals surface area contributed by atoms with Gasteiger partial charge in [-0.05, 0) is 36.0 Å². The largest absolute Gasteiger partial charge is 0.477 e. The Morgan fingerprint density at radius 3 is 2.60 bits per heavy atom. The van der Waals surface area contributed by atoms with Crippen LogP contribution in [0.2, 0.25) is 0 Å². The lowest BCUT2D eigenvalue weighted by Crippen LogP contribution is -2.20. The number of halogens is 3. The van der Waals surface area contributed by atoms with Gasteiger partial charge >= 0.3 is 11.2 Å². The summed E-state index contributed by atoms with van der Waals surface area (Å²) in [6, 6.07) is 10.7. The van der Waals surface area contributed by atoms with Crippen LogP contribution >= 0.6 is 11.8 Å². The molecule has 1 amide bonds. The third-order valence-corrected chi connectivity index (χ3v) is 3.49. The molecule has 0 saturated heterocycles. The maximum absolute atomic E-state index is 12.3. The number of ether oxygens (including phenoxy) is 1. The molecule has 2 aromatic rings. The number of nitrogens with one attached hydrogen (secondary N) is 1. The zero-order valence-corrected chi connectivity index (χ0v) is 13.3. The number of carbonyl (C=O) groups is 1. The predicted molar refractivity (Wildman–Crippen MR) is 85.6 cm³/mol. The Labute approximate surface area is 144 Å². The van der Waals surface area contributed by atoms with Crippen molar-refractivity contribution in [2.45, 2.75) is 10.4 Å². The summed E-state index contributed by atoms with van der Waals surface area (Å²) in [5, 5.41) is 13.2. The van der Waals surface area contributed by atoms with E-state index in [1.807, 2.05) is 0 Å². The van der Waals surface area contributed by atoms with E-state index < -0.39 is 22.9 Å². The fraction of sp³-hybridized carbons (Fsp3) is 0.133. The van der Waals surface area contributed by atoms with E-state index >= 15 is 0 Å². The van der Waals surface area contributed by atoms with Crippen molar-refractivity contribution in [2.24, 2.45) is 0 Å². The molecular weight excluding hydrogens is 361 g/mol. The number of alkyl halides is 3. The molecule has 0 aliphatic carbocycles. The Kier molecular flexibility index (Phi) is 5.86. The summed E-state index contributed by atoms with van der Waals surface area (Å²) in [4.78, 5) is 21.9. The molecule has 0 saturated carbocycles. The van der Waals surface area contributed by atoms with E-state index in [4.69, 9.17) is 4.74 Å². The second kappa shape index (κ2) is 7.88. The molecule has 0 radical (unpaired) electrons. The summed E-state index contributed by atoms with van der Waals surface area (Å²) in [6.45, 7) is -0.526. The zero-order valence-electron chi connectivity index (χ0n) is 12.4. The Balaban J connectivity index is 1.97. The average Bonchev–Trinajstić information content (AvgIpc) is 2.52. The monoisotopic (exact) mass is 372 g/mol. The molecule has 0 spiro atoms. The Bertz CT molecular complexity index is 783. The number of amides is 1. The summed E-state index contributed by atoms with van der Waals surface area (Å²) in [5.74, 6) is -0.740. The van der Waals surface area contributed by atoms with Crippen LogP contribution in [0.25, 0.3) is 0 Å². The van der Waals surface area contributed by atoms with Crippen LogP contribution < -0.4 is 10.1 Å². The molecular formula is C15H11F3N2O4S. The molecule has 0 fully saturated rings. The number of para-hydroxylation sites is 2. The van der Waals surface area contributed by atoms with Crippen molar-refractivity contribution < 1.29 is 27.6 Å². The summed E-state index contributed by atoms with van der Waals surface area (Å²) in [6.07, 6.45) is 0. The lowest BCUT2D eigenvalue weighted by molar-refractivity contribution is -0.385. The number of hydrogen-bond acceptors (Lipinski definition) is 5. The Morgan fingerprint density at radius 1 is 1.20 bits per heavy atom. The highest BCUT2D eigenvalue weighted by atomic mass is 32.2. The number of hydrogen-bond donors (Lipinski definition) is 1. The SMILES string of the molecule is O=C(COc1ccccc1[N+](=O)[O-])Nc1cccc(SC(F)(F)F)c1. The minimum atomic E-state index is -4.43. The van der Waals surface area contributed by atoms with Crippen molar-refractivity contribution in [1.29, 1.82) is 0 Å². The summed E-state index contributed by atoms with van der Waals surface area (Å²) >= 11 is -0.300. The quantitative estimate of drug-likeness (QED) is 0.466. The van der Waals surface area contributed by atoms with Crippen LogP contribution in [0, 0.1) is 10.1 Å². The van der Waals surface area contributed by atoms with E-state index in [1.54, 1.807) is 0 Å². The molecule has 0 aliphatic rings.